The highest BCUT2D eigenvalue weighted by atomic mass is 32.1. The van der Waals surface area contributed by atoms with Crippen LogP contribution < -0.4 is 4.74 Å². The molecule has 3 aromatic rings. The van der Waals surface area contributed by atoms with Gasteiger partial charge in [0.25, 0.3) is 0 Å². The molecule has 0 radical (unpaired) electrons. The minimum Gasteiger partial charge on any atom is -0.480 e. The number of hydrogen-bond acceptors (Lipinski definition) is 6. The molecule has 0 spiro atoms. The zero-order valence-corrected chi connectivity index (χ0v) is 12.3. The summed E-state index contributed by atoms with van der Waals surface area (Å²) in [5.41, 5.74) is 0.826. The maximum absolute atomic E-state index is 9.27. The fraction of sp³-hybridized carbons (Fsp3) is 0.429. The van der Waals surface area contributed by atoms with Crippen molar-refractivity contribution < 1.29 is 14.6 Å². The Balaban J connectivity index is 1.96. The summed E-state index contributed by atoms with van der Waals surface area (Å²) in [6.07, 6.45) is 3.05. The van der Waals surface area contributed by atoms with E-state index < -0.39 is 0 Å². The Bertz CT molecular complexity index is 797. The molecule has 1 saturated heterocycles. The first-order valence-electron chi connectivity index (χ1n) is 6.86. The first kappa shape index (κ1) is 13.0. The Hall–Kier alpha value is -1.70. The van der Waals surface area contributed by atoms with E-state index in [1.807, 2.05) is 5.38 Å². The Kier molecular flexibility index (Phi) is 3.06. The molecule has 2 atom stereocenters. The maximum atomic E-state index is 9.27. The van der Waals surface area contributed by atoms with Crippen molar-refractivity contribution >= 4 is 32.6 Å². The lowest BCUT2D eigenvalue weighted by atomic mass is 10.2. The molecule has 2 unspecified atom stereocenters. The third kappa shape index (κ3) is 1.85. The van der Waals surface area contributed by atoms with Crippen molar-refractivity contribution in [2.24, 2.45) is 0 Å². The van der Waals surface area contributed by atoms with Crippen LogP contribution in [-0.4, -0.2) is 39.5 Å². The minimum absolute atomic E-state index is 0.0571. The van der Waals surface area contributed by atoms with E-state index in [1.165, 1.54) is 6.33 Å². The van der Waals surface area contributed by atoms with E-state index >= 15 is 0 Å². The molecule has 0 aromatic carbocycles. The molecule has 0 aliphatic carbocycles. The highest BCUT2D eigenvalue weighted by molar-refractivity contribution is 7.17. The van der Waals surface area contributed by atoms with E-state index in [2.05, 4.69) is 20.6 Å². The van der Waals surface area contributed by atoms with Crippen LogP contribution in [0.1, 0.15) is 19.1 Å². The zero-order valence-electron chi connectivity index (χ0n) is 11.5. The number of ether oxygens (including phenoxy) is 2. The van der Waals surface area contributed by atoms with Gasteiger partial charge in [-0.15, -0.1) is 11.3 Å². The molecule has 110 valence electrons. The minimum atomic E-state index is -0.0968. The number of rotatable bonds is 3. The molecular weight excluding hydrogens is 290 g/mol. The average Bonchev–Trinajstić information content (AvgIpc) is 3.21. The molecule has 21 heavy (non-hydrogen) atoms. The molecule has 0 bridgehead atoms. The third-order valence-electron chi connectivity index (χ3n) is 3.92. The van der Waals surface area contributed by atoms with Crippen LogP contribution in [-0.2, 0) is 4.74 Å². The van der Waals surface area contributed by atoms with Gasteiger partial charge in [0.05, 0.1) is 25.2 Å². The summed E-state index contributed by atoms with van der Waals surface area (Å²) >= 11 is 1.65. The van der Waals surface area contributed by atoms with E-state index in [9.17, 15) is 5.11 Å². The van der Waals surface area contributed by atoms with Gasteiger partial charge in [-0.1, -0.05) is 0 Å². The standard InChI is InChI=1S/C14H15N3O3S/c1-19-13-11-9-4-5-21-14(9)17(12(11)15-7-16-13)10-3-2-8(6-18)20-10/h4-5,7-8,10,18H,2-3,6H2,1H3. The third-order valence-corrected chi connectivity index (χ3v) is 4.84. The number of aliphatic hydroxyl groups is 1. The molecule has 3 aromatic heterocycles. The number of fused-ring (bicyclic) bond motifs is 3. The Morgan fingerprint density at radius 2 is 2.38 bits per heavy atom. The van der Waals surface area contributed by atoms with E-state index in [4.69, 9.17) is 9.47 Å². The summed E-state index contributed by atoms with van der Waals surface area (Å²) in [5.74, 6) is 0.582. The molecule has 1 fully saturated rings. The molecule has 1 aliphatic heterocycles. The molecule has 1 aliphatic rings. The lowest BCUT2D eigenvalue weighted by Crippen LogP contribution is -2.14. The van der Waals surface area contributed by atoms with Crippen molar-refractivity contribution in [1.29, 1.82) is 0 Å². The van der Waals surface area contributed by atoms with Crippen molar-refractivity contribution in [2.75, 3.05) is 13.7 Å². The van der Waals surface area contributed by atoms with Gasteiger partial charge < -0.3 is 14.6 Å². The van der Waals surface area contributed by atoms with Crippen LogP contribution in [0, 0.1) is 0 Å². The van der Waals surface area contributed by atoms with Crippen molar-refractivity contribution in [3.63, 3.8) is 0 Å². The summed E-state index contributed by atoms with van der Waals surface area (Å²) in [4.78, 5) is 9.74. The molecular formula is C14H15N3O3S. The molecule has 4 heterocycles. The van der Waals surface area contributed by atoms with Gasteiger partial charge in [0.15, 0.2) is 5.65 Å². The Morgan fingerprint density at radius 1 is 1.48 bits per heavy atom. The van der Waals surface area contributed by atoms with Crippen molar-refractivity contribution in [3.8, 4) is 5.88 Å². The van der Waals surface area contributed by atoms with E-state index in [1.54, 1.807) is 18.4 Å². The molecule has 0 saturated carbocycles. The van der Waals surface area contributed by atoms with Gasteiger partial charge in [0.1, 0.15) is 17.4 Å². The average molecular weight is 305 g/mol. The number of methoxy groups -OCH3 is 1. The summed E-state index contributed by atoms with van der Waals surface area (Å²) < 4.78 is 13.4. The van der Waals surface area contributed by atoms with Gasteiger partial charge in [0.2, 0.25) is 5.88 Å². The lowest BCUT2D eigenvalue weighted by Gasteiger charge is -2.15. The second-order valence-corrected chi connectivity index (χ2v) is 5.96. The molecule has 4 rings (SSSR count). The first-order chi connectivity index (χ1) is 10.3. The smallest absolute Gasteiger partial charge is 0.226 e. The van der Waals surface area contributed by atoms with Crippen LogP contribution in [0.2, 0.25) is 0 Å². The summed E-state index contributed by atoms with van der Waals surface area (Å²) in [6, 6.07) is 2.06. The Morgan fingerprint density at radius 3 is 3.14 bits per heavy atom. The van der Waals surface area contributed by atoms with Gasteiger partial charge in [-0.2, -0.15) is 0 Å². The van der Waals surface area contributed by atoms with Gasteiger partial charge in [-0.05, 0) is 24.3 Å². The second kappa shape index (κ2) is 4.94. The lowest BCUT2D eigenvalue weighted by molar-refractivity contribution is -0.0184. The van der Waals surface area contributed by atoms with Crippen LogP contribution >= 0.6 is 11.3 Å². The van der Waals surface area contributed by atoms with Crippen LogP contribution in [0.3, 0.4) is 0 Å². The van der Waals surface area contributed by atoms with Gasteiger partial charge in [-0.3, -0.25) is 4.57 Å². The number of thiophene rings is 1. The highest BCUT2D eigenvalue weighted by Gasteiger charge is 2.30. The van der Waals surface area contributed by atoms with Crippen LogP contribution in [0.25, 0.3) is 21.3 Å². The van der Waals surface area contributed by atoms with Crippen LogP contribution in [0.15, 0.2) is 17.8 Å². The molecule has 6 nitrogen and oxygen atoms in total. The Labute approximate surface area is 124 Å². The second-order valence-electron chi connectivity index (χ2n) is 5.06. The normalized spacial score (nSPS) is 22.4. The molecule has 7 heteroatoms. The van der Waals surface area contributed by atoms with Crippen LogP contribution in [0.4, 0.5) is 0 Å². The van der Waals surface area contributed by atoms with Crippen molar-refractivity contribution in [2.45, 2.75) is 25.2 Å². The highest BCUT2D eigenvalue weighted by Crippen LogP contribution is 2.41. The summed E-state index contributed by atoms with van der Waals surface area (Å²) in [6.45, 7) is 0.0571. The maximum Gasteiger partial charge on any atom is 0.226 e. The SMILES string of the molecule is COc1ncnc2c1c1ccsc1n2C1CCC(CO)O1. The van der Waals surface area contributed by atoms with Gasteiger partial charge in [-0.25, -0.2) is 9.97 Å². The first-order valence-corrected chi connectivity index (χ1v) is 7.74. The largest absolute Gasteiger partial charge is 0.480 e. The van der Waals surface area contributed by atoms with E-state index in [0.717, 1.165) is 34.1 Å². The predicted octanol–water partition coefficient (Wildman–Crippen LogP) is 2.32. The number of nitrogens with zero attached hydrogens (tertiary/aromatic N) is 3. The topological polar surface area (TPSA) is 69.4 Å². The number of hydrogen-bond donors (Lipinski definition) is 1. The number of aliphatic hydroxyl groups excluding tert-OH is 1. The van der Waals surface area contributed by atoms with Gasteiger partial charge in [0, 0.05) is 5.39 Å². The molecule has 0 amide bonds. The fourth-order valence-electron chi connectivity index (χ4n) is 2.99. The zero-order chi connectivity index (χ0) is 14.4. The molecule has 1 N–H and O–H groups in total. The fourth-order valence-corrected chi connectivity index (χ4v) is 3.93. The predicted molar refractivity (Wildman–Crippen MR) is 79.7 cm³/mol. The summed E-state index contributed by atoms with van der Waals surface area (Å²) in [5, 5.41) is 13.3. The van der Waals surface area contributed by atoms with Crippen molar-refractivity contribution in [3.05, 3.63) is 17.8 Å². The quantitative estimate of drug-likeness (QED) is 0.804. The summed E-state index contributed by atoms with van der Waals surface area (Å²) in [7, 11) is 1.62. The van der Waals surface area contributed by atoms with Crippen molar-refractivity contribution in [1.82, 2.24) is 14.5 Å². The van der Waals surface area contributed by atoms with E-state index in [0.29, 0.717) is 5.88 Å². The van der Waals surface area contributed by atoms with Crippen LogP contribution in [0.5, 0.6) is 5.88 Å². The van der Waals surface area contributed by atoms with Gasteiger partial charge >= 0.3 is 0 Å². The van der Waals surface area contributed by atoms with E-state index in [-0.39, 0.29) is 18.9 Å². The number of aromatic nitrogens is 3. The monoisotopic (exact) mass is 305 g/mol.